The van der Waals surface area contributed by atoms with E-state index < -0.39 is 0 Å². The Bertz CT molecular complexity index is 353. The molecule has 1 aromatic carbocycles. The zero-order chi connectivity index (χ0) is 13.4. The Hall–Kier alpha value is -1.51. The number of benzene rings is 1. The van der Waals surface area contributed by atoms with E-state index in [4.69, 9.17) is 4.74 Å². The second-order valence-corrected chi connectivity index (χ2v) is 4.48. The molecule has 0 unspecified atom stereocenters. The average Bonchev–Trinajstić information content (AvgIpc) is 2.39. The number of nitrogens with one attached hydrogen (secondary N) is 1. The maximum Gasteiger partial charge on any atom is 0.251 e. The normalized spacial score (nSPS) is 10.4. The summed E-state index contributed by atoms with van der Waals surface area (Å²) in [6, 6.07) is 7.49. The van der Waals surface area contributed by atoms with Crippen molar-refractivity contribution in [2.24, 2.45) is 0 Å². The molecule has 0 aliphatic rings. The summed E-state index contributed by atoms with van der Waals surface area (Å²) in [5.41, 5.74) is 0.688. The molecule has 0 aliphatic heterocycles. The van der Waals surface area contributed by atoms with Crippen LogP contribution in [0.3, 0.4) is 0 Å². The topological polar surface area (TPSA) is 38.3 Å². The smallest absolute Gasteiger partial charge is 0.251 e. The summed E-state index contributed by atoms with van der Waals surface area (Å²) in [6.45, 7) is 4.28. The van der Waals surface area contributed by atoms with E-state index in [1.165, 1.54) is 0 Å². The fourth-order valence-electron chi connectivity index (χ4n) is 2.00. The predicted molar refractivity (Wildman–Crippen MR) is 74.1 cm³/mol. The van der Waals surface area contributed by atoms with Crippen molar-refractivity contribution in [3.63, 3.8) is 0 Å². The van der Waals surface area contributed by atoms with Crippen molar-refractivity contribution < 1.29 is 9.53 Å². The van der Waals surface area contributed by atoms with Gasteiger partial charge in [0, 0.05) is 11.6 Å². The minimum Gasteiger partial charge on any atom is -0.497 e. The van der Waals surface area contributed by atoms with Gasteiger partial charge in [-0.05, 0) is 37.1 Å². The molecule has 1 rings (SSSR count). The van der Waals surface area contributed by atoms with Crippen LogP contribution in [0.5, 0.6) is 5.75 Å². The fraction of sp³-hybridized carbons (Fsp3) is 0.533. The first-order chi connectivity index (χ1) is 8.71. The van der Waals surface area contributed by atoms with E-state index >= 15 is 0 Å². The number of hydrogen-bond donors (Lipinski definition) is 1. The highest BCUT2D eigenvalue weighted by Crippen LogP contribution is 2.12. The monoisotopic (exact) mass is 249 g/mol. The Morgan fingerprint density at radius 2 is 1.72 bits per heavy atom. The predicted octanol–water partition coefficient (Wildman–Crippen LogP) is 3.39. The summed E-state index contributed by atoms with van der Waals surface area (Å²) in [5.74, 6) is 0.773. The number of amides is 1. The van der Waals surface area contributed by atoms with Crippen molar-refractivity contribution in [2.45, 2.75) is 45.6 Å². The standard InChI is InChI=1S/C15H23NO2/c1-4-6-13(7-5-2)16-15(17)12-8-10-14(18-3)11-9-12/h8-11,13H,4-7H2,1-3H3,(H,16,17). The van der Waals surface area contributed by atoms with Gasteiger partial charge in [0.2, 0.25) is 0 Å². The molecule has 0 atom stereocenters. The molecular weight excluding hydrogens is 226 g/mol. The molecule has 0 spiro atoms. The van der Waals surface area contributed by atoms with Gasteiger partial charge in [0.05, 0.1) is 7.11 Å². The lowest BCUT2D eigenvalue weighted by Crippen LogP contribution is -2.34. The summed E-state index contributed by atoms with van der Waals surface area (Å²) in [4.78, 5) is 12.1. The van der Waals surface area contributed by atoms with Crippen molar-refractivity contribution in [1.29, 1.82) is 0 Å². The molecular formula is C15H23NO2. The third-order valence-corrected chi connectivity index (χ3v) is 2.96. The molecule has 0 heterocycles. The molecule has 0 aliphatic carbocycles. The first kappa shape index (κ1) is 14.6. The lowest BCUT2D eigenvalue weighted by molar-refractivity contribution is 0.0932. The van der Waals surface area contributed by atoms with E-state index in [0.29, 0.717) is 5.56 Å². The third kappa shape index (κ3) is 4.40. The quantitative estimate of drug-likeness (QED) is 0.804. The zero-order valence-electron chi connectivity index (χ0n) is 11.5. The first-order valence-electron chi connectivity index (χ1n) is 6.66. The van der Waals surface area contributed by atoms with Gasteiger partial charge in [0.15, 0.2) is 0 Å². The van der Waals surface area contributed by atoms with E-state index in [2.05, 4.69) is 19.2 Å². The van der Waals surface area contributed by atoms with Crippen molar-refractivity contribution in [2.75, 3.05) is 7.11 Å². The van der Waals surface area contributed by atoms with Crippen LogP contribution in [0.4, 0.5) is 0 Å². The van der Waals surface area contributed by atoms with Gasteiger partial charge in [-0.25, -0.2) is 0 Å². The Morgan fingerprint density at radius 1 is 1.17 bits per heavy atom. The largest absolute Gasteiger partial charge is 0.497 e. The van der Waals surface area contributed by atoms with Crippen LogP contribution in [-0.2, 0) is 0 Å². The van der Waals surface area contributed by atoms with Crippen LogP contribution in [0, 0.1) is 0 Å². The number of hydrogen-bond acceptors (Lipinski definition) is 2. The number of methoxy groups -OCH3 is 1. The highest BCUT2D eigenvalue weighted by Gasteiger charge is 2.12. The number of ether oxygens (including phenoxy) is 1. The maximum absolute atomic E-state index is 12.1. The lowest BCUT2D eigenvalue weighted by Gasteiger charge is -2.17. The average molecular weight is 249 g/mol. The molecule has 0 bridgehead atoms. The van der Waals surface area contributed by atoms with Crippen molar-refractivity contribution in [3.8, 4) is 5.75 Å². The Morgan fingerprint density at radius 3 is 2.17 bits per heavy atom. The number of carbonyl (C=O) groups is 1. The molecule has 100 valence electrons. The third-order valence-electron chi connectivity index (χ3n) is 2.96. The van der Waals surface area contributed by atoms with Crippen LogP contribution in [-0.4, -0.2) is 19.1 Å². The van der Waals surface area contributed by atoms with Gasteiger partial charge in [-0.15, -0.1) is 0 Å². The molecule has 18 heavy (non-hydrogen) atoms. The second-order valence-electron chi connectivity index (χ2n) is 4.48. The first-order valence-corrected chi connectivity index (χ1v) is 6.66. The molecule has 0 aromatic heterocycles. The van der Waals surface area contributed by atoms with Crippen LogP contribution in [0.15, 0.2) is 24.3 Å². The van der Waals surface area contributed by atoms with Gasteiger partial charge >= 0.3 is 0 Å². The van der Waals surface area contributed by atoms with Gasteiger partial charge < -0.3 is 10.1 Å². The molecule has 1 N–H and O–H groups in total. The van der Waals surface area contributed by atoms with E-state index in [1.807, 2.05) is 12.1 Å². The highest BCUT2D eigenvalue weighted by atomic mass is 16.5. The van der Waals surface area contributed by atoms with Crippen molar-refractivity contribution in [1.82, 2.24) is 5.32 Å². The van der Waals surface area contributed by atoms with Gasteiger partial charge in [0.25, 0.3) is 5.91 Å². The molecule has 1 aromatic rings. The molecule has 1 amide bonds. The molecule has 0 radical (unpaired) electrons. The lowest BCUT2D eigenvalue weighted by atomic mass is 10.1. The number of carbonyl (C=O) groups excluding carboxylic acids is 1. The van der Waals surface area contributed by atoms with Crippen LogP contribution in [0.25, 0.3) is 0 Å². The van der Waals surface area contributed by atoms with Crippen LogP contribution in [0.1, 0.15) is 49.9 Å². The van der Waals surface area contributed by atoms with Crippen LogP contribution in [0.2, 0.25) is 0 Å². The summed E-state index contributed by atoms with van der Waals surface area (Å²) < 4.78 is 5.08. The molecule has 0 saturated carbocycles. The molecule has 3 nitrogen and oxygen atoms in total. The van der Waals surface area contributed by atoms with Gasteiger partial charge in [-0.1, -0.05) is 26.7 Å². The summed E-state index contributed by atoms with van der Waals surface area (Å²) in [5, 5.41) is 3.09. The summed E-state index contributed by atoms with van der Waals surface area (Å²) in [7, 11) is 1.62. The van der Waals surface area contributed by atoms with E-state index in [9.17, 15) is 4.79 Å². The summed E-state index contributed by atoms with van der Waals surface area (Å²) in [6.07, 6.45) is 4.26. The van der Waals surface area contributed by atoms with Crippen LogP contribution >= 0.6 is 0 Å². The van der Waals surface area contributed by atoms with E-state index in [1.54, 1.807) is 19.2 Å². The van der Waals surface area contributed by atoms with E-state index in [0.717, 1.165) is 31.4 Å². The molecule has 3 heteroatoms. The Balaban J connectivity index is 2.61. The maximum atomic E-state index is 12.1. The zero-order valence-corrected chi connectivity index (χ0v) is 11.5. The van der Waals surface area contributed by atoms with Gasteiger partial charge in [-0.2, -0.15) is 0 Å². The second kappa shape index (κ2) is 7.75. The van der Waals surface area contributed by atoms with Crippen molar-refractivity contribution >= 4 is 5.91 Å². The Labute approximate surface area is 110 Å². The minimum absolute atomic E-state index is 0.00422. The SMILES string of the molecule is CCCC(CCC)NC(=O)c1ccc(OC)cc1. The van der Waals surface area contributed by atoms with Crippen LogP contribution < -0.4 is 10.1 Å². The number of rotatable bonds is 7. The molecule has 0 fully saturated rings. The summed E-state index contributed by atoms with van der Waals surface area (Å²) >= 11 is 0. The molecule has 0 saturated heterocycles. The van der Waals surface area contributed by atoms with Crippen molar-refractivity contribution in [3.05, 3.63) is 29.8 Å². The van der Waals surface area contributed by atoms with Gasteiger partial charge in [0.1, 0.15) is 5.75 Å². The highest BCUT2D eigenvalue weighted by molar-refractivity contribution is 5.94. The van der Waals surface area contributed by atoms with Gasteiger partial charge in [-0.3, -0.25) is 4.79 Å². The minimum atomic E-state index is 0.00422. The fourth-order valence-corrected chi connectivity index (χ4v) is 2.00. The van der Waals surface area contributed by atoms with E-state index in [-0.39, 0.29) is 11.9 Å². The Kier molecular flexibility index (Phi) is 6.26.